The minimum absolute atomic E-state index is 0.0192. The Hall–Kier alpha value is -2.70. The van der Waals surface area contributed by atoms with Crippen LogP contribution >= 0.6 is 11.6 Å². The first kappa shape index (κ1) is 22.0. The van der Waals surface area contributed by atoms with Crippen LogP contribution in [0.25, 0.3) is 6.08 Å². The highest BCUT2D eigenvalue weighted by Crippen LogP contribution is 2.35. The van der Waals surface area contributed by atoms with Crippen molar-refractivity contribution in [2.45, 2.75) is 6.54 Å². The number of halogens is 1. The number of methoxy groups -OCH3 is 3. The molecular formula is C23H27ClN2O4. The van der Waals surface area contributed by atoms with Gasteiger partial charge in [-0.1, -0.05) is 23.7 Å². The number of nitrogens with zero attached hydrogens (tertiary/aromatic N) is 2. The second kappa shape index (κ2) is 10.4. The average Bonchev–Trinajstić information content (AvgIpc) is 2.77. The molecule has 0 N–H and O–H groups in total. The van der Waals surface area contributed by atoms with E-state index in [1.54, 1.807) is 45.6 Å². The van der Waals surface area contributed by atoms with Gasteiger partial charge in [0.15, 0.2) is 11.5 Å². The number of carbonyl (C=O) groups excluding carboxylic acids is 1. The minimum atomic E-state index is -0.0192. The Labute approximate surface area is 182 Å². The van der Waals surface area contributed by atoms with Gasteiger partial charge >= 0.3 is 0 Å². The van der Waals surface area contributed by atoms with Gasteiger partial charge in [-0.3, -0.25) is 9.69 Å². The predicted molar refractivity (Wildman–Crippen MR) is 118 cm³/mol. The number of hydrogen-bond donors (Lipinski definition) is 0. The maximum atomic E-state index is 12.7. The molecule has 0 bridgehead atoms. The number of carbonyl (C=O) groups is 1. The third-order valence-corrected chi connectivity index (χ3v) is 5.36. The van der Waals surface area contributed by atoms with E-state index in [1.807, 2.05) is 23.1 Å². The molecule has 6 nitrogen and oxygen atoms in total. The molecule has 0 aliphatic carbocycles. The maximum Gasteiger partial charge on any atom is 0.246 e. The van der Waals surface area contributed by atoms with Gasteiger partial charge in [0.05, 0.1) is 21.3 Å². The van der Waals surface area contributed by atoms with Crippen LogP contribution in [0.4, 0.5) is 0 Å². The second-order valence-corrected chi connectivity index (χ2v) is 7.45. The molecule has 0 spiro atoms. The zero-order valence-corrected chi connectivity index (χ0v) is 18.3. The summed E-state index contributed by atoms with van der Waals surface area (Å²) in [6, 6.07) is 11.4. The van der Waals surface area contributed by atoms with Gasteiger partial charge in [-0.25, -0.2) is 0 Å². The number of amides is 1. The Morgan fingerprint density at radius 1 is 0.967 bits per heavy atom. The summed E-state index contributed by atoms with van der Waals surface area (Å²) in [6.45, 7) is 3.86. The third kappa shape index (κ3) is 5.46. The van der Waals surface area contributed by atoms with Gasteiger partial charge < -0.3 is 19.1 Å². The van der Waals surface area contributed by atoms with E-state index in [1.165, 1.54) is 5.56 Å². The summed E-state index contributed by atoms with van der Waals surface area (Å²) < 4.78 is 16.1. The van der Waals surface area contributed by atoms with Crippen LogP contribution in [0.5, 0.6) is 17.2 Å². The first-order chi connectivity index (χ1) is 14.5. The van der Waals surface area contributed by atoms with Crippen LogP contribution in [0, 0.1) is 0 Å². The van der Waals surface area contributed by atoms with E-state index in [9.17, 15) is 4.79 Å². The molecule has 0 atom stereocenters. The van der Waals surface area contributed by atoms with Crippen LogP contribution in [0.15, 0.2) is 42.5 Å². The summed E-state index contributed by atoms with van der Waals surface area (Å²) >= 11 is 6.07. The predicted octanol–water partition coefficient (Wildman–Crippen LogP) is 3.72. The lowest BCUT2D eigenvalue weighted by Crippen LogP contribution is -2.47. The van der Waals surface area contributed by atoms with Crippen molar-refractivity contribution in [1.82, 2.24) is 9.80 Å². The molecule has 0 unspecified atom stereocenters. The summed E-state index contributed by atoms with van der Waals surface area (Å²) in [5, 5.41) is 0.747. The third-order valence-electron chi connectivity index (χ3n) is 5.12. The molecule has 1 heterocycles. The molecule has 1 amide bonds. The first-order valence-corrected chi connectivity index (χ1v) is 10.2. The van der Waals surface area contributed by atoms with Crippen molar-refractivity contribution in [3.05, 3.63) is 58.6 Å². The van der Waals surface area contributed by atoms with E-state index in [0.29, 0.717) is 30.3 Å². The molecule has 0 saturated carbocycles. The average molecular weight is 431 g/mol. The van der Waals surface area contributed by atoms with Gasteiger partial charge in [-0.2, -0.15) is 0 Å². The Morgan fingerprint density at radius 2 is 1.63 bits per heavy atom. The van der Waals surface area contributed by atoms with Gasteiger partial charge in [0.2, 0.25) is 5.91 Å². The molecule has 1 aliphatic heterocycles. The molecular weight excluding hydrogens is 404 g/mol. The Balaban J connectivity index is 1.60. The van der Waals surface area contributed by atoms with E-state index >= 15 is 0 Å². The van der Waals surface area contributed by atoms with E-state index in [4.69, 9.17) is 25.8 Å². The van der Waals surface area contributed by atoms with Crippen molar-refractivity contribution in [3.8, 4) is 17.2 Å². The number of benzene rings is 2. The molecule has 1 aliphatic rings. The van der Waals surface area contributed by atoms with E-state index in [-0.39, 0.29) is 5.91 Å². The van der Waals surface area contributed by atoms with Crippen LogP contribution in [0.2, 0.25) is 5.02 Å². The molecule has 2 aromatic carbocycles. The molecule has 0 aromatic heterocycles. The monoisotopic (exact) mass is 430 g/mol. The van der Waals surface area contributed by atoms with Gasteiger partial charge in [-0.15, -0.1) is 0 Å². The Bertz CT molecular complexity index is 908. The SMILES string of the molecule is COc1cc(OC)c(OC)cc1/C=C/C(=O)N1CCN(Cc2cccc(Cl)c2)CC1. The van der Waals surface area contributed by atoms with Gasteiger partial charge in [0.25, 0.3) is 0 Å². The molecule has 1 fully saturated rings. The summed E-state index contributed by atoms with van der Waals surface area (Å²) in [5.41, 5.74) is 1.94. The van der Waals surface area contributed by atoms with E-state index in [0.717, 1.165) is 30.2 Å². The van der Waals surface area contributed by atoms with E-state index in [2.05, 4.69) is 11.0 Å². The Kier molecular flexibility index (Phi) is 7.60. The lowest BCUT2D eigenvalue weighted by Gasteiger charge is -2.34. The number of ether oxygens (including phenoxy) is 3. The number of rotatable bonds is 7. The number of hydrogen-bond acceptors (Lipinski definition) is 5. The van der Waals surface area contributed by atoms with Crippen LogP contribution in [-0.2, 0) is 11.3 Å². The van der Waals surface area contributed by atoms with Crippen molar-refractivity contribution in [2.24, 2.45) is 0 Å². The largest absolute Gasteiger partial charge is 0.496 e. The van der Waals surface area contributed by atoms with Crippen molar-refractivity contribution in [2.75, 3.05) is 47.5 Å². The first-order valence-electron chi connectivity index (χ1n) is 9.78. The van der Waals surface area contributed by atoms with Crippen LogP contribution in [0.1, 0.15) is 11.1 Å². The molecule has 1 saturated heterocycles. The van der Waals surface area contributed by atoms with Gasteiger partial charge in [0, 0.05) is 55.5 Å². The van der Waals surface area contributed by atoms with Crippen molar-refractivity contribution in [3.63, 3.8) is 0 Å². The highest BCUT2D eigenvalue weighted by Gasteiger charge is 2.20. The summed E-state index contributed by atoms with van der Waals surface area (Å²) in [6.07, 6.45) is 3.33. The van der Waals surface area contributed by atoms with Crippen molar-refractivity contribution in [1.29, 1.82) is 0 Å². The summed E-state index contributed by atoms with van der Waals surface area (Å²) in [7, 11) is 4.73. The zero-order chi connectivity index (χ0) is 21.5. The normalized spacial score (nSPS) is 14.7. The summed E-state index contributed by atoms with van der Waals surface area (Å²) in [5.74, 6) is 1.76. The lowest BCUT2D eigenvalue weighted by atomic mass is 10.1. The second-order valence-electron chi connectivity index (χ2n) is 7.01. The van der Waals surface area contributed by atoms with Crippen molar-refractivity contribution < 1.29 is 19.0 Å². The molecule has 2 aromatic rings. The number of piperazine rings is 1. The van der Waals surface area contributed by atoms with Gasteiger partial charge in [0.1, 0.15) is 5.75 Å². The molecule has 7 heteroatoms. The highest BCUT2D eigenvalue weighted by atomic mass is 35.5. The Morgan fingerprint density at radius 3 is 2.27 bits per heavy atom. The van der Waals surface area contributed by atoms with Crippen LogP contribution in [-0.4, -0.2) is 63.2 Å². The fourth-order valence-corrected chi connectivity index (χ4v) is 3.68. The fourth-order valence-electron chi connectivity index (χ4n) is 3.47. The minimum Gasteiger partial charge on any atom is -0.496 e. The topological polar surface area (TPSA) is 51.2 Å². The molecule has 3 rings (SSSR count). The van der Waals surface area contributed by atoms with Crippen molar-refractivity contribution >= 4 is 23.6 Å². The van der Waals surface area contributed by atoms with Crippen LogP contribution in [0.3, 0.4) is 0 Å². The van der Waals surface area contributed by atoms with E-state index < -0.39 is 0 Å². The van der Waals surface area contributed by atoms with Gasteiger partial charge in [-0.05, 0) is 29.8 Å². The molecule has 30 heavy (non-hydrogen) atoms. The quantitative estimate of drug-likeness (QED) is 0.626. The zero-order valence-electron chi connectivity index (χ0n) is 17.6. The smallest absolute Gasteiger partial charge is 0.246 e. The highest BCUT2D eigenvalue weighted by molar-refractivity contribution is 6.30. The molecule has 0 radical (unpaired) electrons. The fraction of sp³-hybridized carbons (Fsp3) is 0.348. The maximum absolute atomic E-state index is 12.7. The standard InChI is InChI=1S/C23H27ClN2O4/c1-28-20-15-22(30-3)21(29-2)14-18(20)7-8-23(27)26-11-9-25(10-12-26)16-17-5-4-6-19(24)13-17/h4-8,13-15H,9-12,16H2,1-3H3/b8-7+. The molecule has 160 valence electrons. The summed E-state index contributed by atoms with van der Waals surface area (Å²) in [4.78, 5) is 16.9. The lowest BCUT2D eigenvalue weighted by molar-refractivity contribution is -0.127. The van der Waals surface area contributed by atoms with Crippen LogP contribution < -0.4 is 14.2 Å².